The van der Waals surface area contributed by atoms with Gasteiger partial charge < -0.3 is 10.3 Å². The van der Waals surface area contributed by atoms with Crippen molar-refractivity contribution in [1.29, 1.82) is 0 Å². The van der Waals surface area contributed by atoms with Gasteiger partial charge in [0.1, 0.15) is 11.6 Å². The second-order valence-corrected chi connectivity index (χ2v) is 4.46. The lowest BCUT2D eigenvalue weighted by Gasteiger charge is -2.14. The van der Waals surface area contributed by atoms with Gasteiger partial charge in [-0.05, 0) is 12.0 Å². The van der Waals surface area contributed by atoms with Gasteiger partial charge in [-0.2, -0.15) is 0 Å². The highest BCUT2D eigenvalue weighted by molar-refractivity contribution is 5.25. The largest absolute Gasteiger partial charge is 0.324 e. The molecule has 0 aliphatic rings. The number of aromatic nitrogens is 3. The van der Waals surface area contributed by atoms with Gasteiger partial charge in [0.05, 0.1) is 6.54 Å². The molecule has 0 aliphatic heterocycles. The standard InChI is InChI=1S/C14H20N4/c1-3-9-18-13(10-15)16-17-14(18)11(2)12-7-5-4-6-8-12/h4-8,11H,3,9-10,15H2,1-2H3. The van der Waals surface area contributed by atoms with Crippen LogP contribution in [0.25, 0.3) is 0 Å². The second-order valence-electron chi connectivity index (χ2n) is 4.46. The quantitative estimate of drug-likeness (QED) is 0.878. The Hall–Kier alpha value is -1.68. The molecule has 0 amide bonds. The first kappa shape index (κ1) is 12.8. The molecule has 96 valence electrons. The molecule has 1 aromatic heterocycles. The Kier molecular flexibility index (Phi) is 4.10. The highest BCUT2D eigenvalue weighted by Gasteiger charge is 2.17. The molecular formula is C14H20N4. The minimum Gasteiger partial charge on any atom is -0.324 e. The normalized spacial score (nSPS) is 12.6. The summed E-state index contributed by atoms with van der Waals surface area (Å²) >= 11 is 0. The number of benzene rings is 1. The van der Waals surface area contributed by atoms with Gasteiger partial charge in [0.15, 0.2) is 0 Å². The summed E-state index contributed by atoms with van der Waals surface area (Å²) in [6.45, 7) is 5.67. The number of nitrogens with zero attached hydrogens (tertiary/aromatic N) is 3. The molecule has 2 aromatic rings. The highest BCUT2D eigenvalue weighted by Crippen LogP contribution is 2.23. The van der Waals surface area contributed by atoms with Crippen LogP contribution in [-0.2, 0) is 13.1 Å². The maximum absolute atomic E-state index is 5.71. The third-order valence-electron chi connectivity index (χ3n) is 3.17. The van der Waals surface area contributed by atoms with Crippen molar-refractivity contribution < 1.29 is 0 Å². The molecule has 2 N–H and O–H groups in total. The van der Waals surface area contributed by atoms with E-state index in [1.54, 1.807) is 0 Å². The van der Waals surface area contributed by atoms with Crippen molar-refractivity contribution in [2.24, 2.45) is 5.73 Å². The van der Waals surface area contributed by atoms with E-state index in [1.807, 2.05) is 6.07 Å². The first-order valence-corrected chi connectivity index (χ1v) is 6.44. The molecule has 0 saturated carbocycles. The molecule has 2 rings (SSSR count). The lowest BCUT2D eigenvalue weighted by atomic mass is 10.0. The first-order valence-electron chi connectivity index (χ1n) is 6.44. The monoisotopic (exact) mass is 244 g/mol. The van der Waals surface area contributed by atoms with Crippen LogP contribution < -0.4 is 5.73 Å². The minimum absolute atomic E-state index is 0.241. The fourth-order valence-electron chi connectivity index (χ4n) is 2.18. The van der Waals surface area contributed by atoms with Crippen LogP contribution in [0.2, 0.25) is 0 Å². The average Bonchev–Trinajstić information content (AvgIpc) is 2.82. The summed E-state index contributed by atoms with van der Waals surface area (Å²) in [5.41, 5.74) is 6.97. The number of rotatable bonds is 5. The summed E-state index contributed by atoms with van der Waals surface area (Å²) in [7, 11) is 0. The lowest BCUT2D eigenvalue weighted by molar-refractivity contribution is 0.595. The maximum atomic E-state index is 5.71. The fourth-order valence-corrected chi connectivity index (χ4v) is 2.18. The van der Waals surface area contributed by atoms with Gasteiger partial charge in [0.25, 0.3) is 0 Å². The SMILES string of the molecule is CCCn1c(CN)nnc1C(C)c1ccccc1. The van der Waals surface area contributed by atoms with Gasteiger partial charge in [-0.1, -0.05) is 44.2 Å². The number of nitrogens with two attached hydrogens (primary N) is 1. The molecule has 18 heavy (non-hydrogen) atoms. The molecule has 1 heterocycles. The summed E-state index contributed by atoms with van der Waals surface area (Å²) in [5.74, 6) is 2.11. The van der Waals surface area contributed by atoms with E-state index in [9.17, 15) is 0 Å². The Morgan fingerprint density at radius 2 is 1.94 bits per heavy atom. The third kappa shape index (κ3) is 2.43. The molecule has 1 unspecified atom stereocenters. The Bertz CT molecular complexity index is 490. The van der Waals surface area contributed by atoms with Crippen molar-refractivity contribution in [3.05, 3.63) is 47.5 Å². The van der Waals surface area contributed by atoms with Gasteiger partial charge in [-0.25, -0.2) is 0 Å². The van der Waals surface area contributed by atoms with Gasteiger partial charge in [-0.15, -0.1) is 10.2 Å². The topological polar surface area (TPSA) is 56.7 Å². The molecule has 1 aromatic carbocycles. The van der Waals surface area contributed by atoms with Crippen molar-refractivity contribution in [3.8, 4) is 0 Å². The van der Waals surface area contributed by atoms with Crippen molar-refractivity contribution in [2.45, 2.75) is 39.3 Å². The predicted octanol–water partition coefficient (Wildman–Crippen LogP) is 2.30. The molecule has 0 spiro atoms. The lowest BCUT2D eigenvalue weighted by Crippen LogP contribution is -2.13. The average molecular weight is 244 g/mol. The van der Waals surface area contributed by atoms with Crippen LogP contribution in [0.15, 0.2) is 30.3 Å². The molecular weight excluding hydrogens is 224 g/mol. The van der Waals surface area contributed by atoms with E-state index < -0.39 is 0 Å². The Morgan fingerprint density at radius 3 is 2.56 bits per heavy atom. The van der Waals surface area contributed by atoms with Crippen molar-refractivity contribution >= 4 is 0 Å². The van der Waals surface area contributed by atoms with Crippen LogP contribution in [0.1, 0.15) is 43.4 Å². The second kappa shape index (κ2) is 5.78. The number of hydrogen-bond donors (Lipinski definition) is 1. The van der Waals surface area contributed by atoms with E-state index in [0.717, 1.165) is 24.6 Å². The van der Waals surface area contributed by atoms with Crippen molar-refractivity contribution in [2.75, 3.05) is 0 Å². The summed E-state index contributed by atoms with van der Waals surface area (Å²) in [6.07, 6.45) is 1.06. The Labute approximate surface area is 108 Å². The van der Waals surface area contributed by atoms with E-state index in [0.29, 0.717) is 6.54 Å². The van der Waals surface area contributed by atoms with E-state index in [2.05, 4.69) is 52.9 Å². The van der Waals surface area contributed by atoms with Crippen molar-refractivity contribution in [1.82, 2.24) is 14.8 Å². The van der Waals surface area contributed by atoms with Gasteiger partial charge >= 0.3 is 0 Å². The zero-order valence-corrected chi connectivity index (χ0v) is 11.0. The van der Waals surface area contributed by atoms with Crippen molar-refractivity contribution in [3.63, 3.8) is 0 Å². The summed E-state index contributed by atoms with van der Waals surface area (Å²) < 4.78 is 2.15. The van der Waals surface area contributed by atoms with Gasteiger partial charge in [-0.3, -0.25) is 0 Å². The van der Waals surface area contributed by atoms with Gasteiger partial charge in [0, 0.05) is 12.5 Å². The zero-order chi connectivity index (χ0) is 13.0. The highest BCUT2D eigenvalue weighted by atomic mass is 15.3. The van der Waals surface area contributed by atoms with Crippen LogP contribution in [0.5, 0.6) is 0 Å². The molecule has 4 nitrogen and oxygen atoms in total. The van der Waals surface area contributed by atoms with Crippen LogP contribution in [0.3, 0.4) is 0 Å². The molecule has 1 atom stereocenters. The summed E-state index contributed by atoms with van der Waals surface area (Å²) in [6, 6.07) is 10.4. The fraction of sp³-hybridized carbons (Fsp3) is 0.429. The van der Waals surface area contributed by atoms with E-state index in [1.165, 1.54) is 5.56 Å². The molecule has 0 bridgehead atoms. The number of hydrogen-bond acceptors (Lipinski definition) is 3. The predicted molar refractivity (Wildman–Crippen MR) is 72.2 cm³/mol. The van der Waals surface area contributed by atoms with Gasteiger partial charge in [0.2, 0.25) is 0 Å². The van der Waals surface area contributed by atoms with Crippen LogP contribution in [-0.4, -0.2) is 14.8 Å². The van der Waals surface area contributed by atoms with Crippen LogP contribution >= 0.6 is 0 Å². The smallest absolute Gasteiger partial charge is 0.146 e. The van der Waals surface area contributed by atoms with Crippen LogP contribution in [0, 0.1) is 0 Å². The van der Waals surface area contributed by atoms with E-state index >= 15 is 0 Å². The van der Waals surface area contributed by atoms with E-state index in [4.69, 9.17) is 5.73 Å². The Balaban J connectivity index is 2.35. The zero-order valence-electron chi connectivity index (χ0n) is 11.0. The molecule has 4 heteroatoms. The summed E-state index contributed by atoms with van der Waals surface area (Å²) in [4.78, 5) is 0. The maximum Gasteiger partial charge on any atom is 0.146 e. The molecule has 0 saturated heterocycles. The molecule has 0 aliphatic carbocycles. The Morgan fingerprint density at radius 1 is 1.22 bits per heavy atom. The van der Waals surface area contributed by atoms with Crippen LogP contribution in [0.4, 0.5) is 0 Å². The molecule has 0 fully saturated rings. The van der Waals surface area contributed by atoms with E-state index in [-0.39, 0.29) is 5.92 Å². The molecule has 0 radical (unpaired) electrons. The minimum atomic E-state index is 0.241. The summed E-state index contributed by atoms with van der Waals surface area (Å²) in [5, 5.41) is 8.50. The third-order valence-corrected chi connectivity index (χ3v) is 3.17. The first-order chi connectivity index (χ1) is 8.77.